The highest BCUT2D eigenvalue weighted by atomic mass is 16.5. The van der Waals surface area contributed by atoms with E-state index in [2.05, 4.69) is 22.3 Å². The number of likely N-dealkylation sites (tertiary alicyclic amines) is 1. The lowest BCUT2D eigenvalue weighted by Crippen LogP contribution is -2.33. The number of ether oxygens (including phenoxy) is 1. The zero-order valence-electron chi connectivity index (χ0n) is 15.9. The van der Waals surface area contributed by atoms with E-state index >= 15 is 0 Å². The van der Waals surface area contributed by atoms with Crippen LogP contribution in [0, 0.1) is 11.8 Å². The molecule has 1 aromatic rings. The van der Waals surface area contributed by atoms with E-state index in [4.69, 9.17) is 4.74 Å². The van der Waals surface area contributed by atoms with E-state index in [1.807, 2.05) is 4.90 Å². The fourth-order valence-corrected chi connectivity index (χ4v) is 4.43. The Morgan fingerprint density at radius 1 is 1.19 bits per heavy atom. The third kappa shape index (κ3) is 4.07. The van der Waals surface area contributed by atoms with Crippen LogP contribution in [-0.2, 0) is 9.53 Å². The number of carbonyl (C=O) groups is 2. The number of amides is 1. The normalized spacial score (nSPS) is 22.4. The third-order valence-corrected chi connectivity index (χ3v) is 5.88. The minimum absolute atomic E-state index is 0.170. The first-order valence-corrected chi connectivity index (χ1v) is 9.99. The molecule has 1 aliphatic carbocycles. The number of carbonyl (C=O) groups excluding carboxylic acids is 2. The molecule has 0 spiro atoms. The zero-order chi connectivity index (χ0) is 18.5. The molecule has 7 heteroatoms. The van der Waals surface area contributed by atoms with Crippen molar-refractivity contribution in [1.29, 1.82) is 0 Å². The van der Waals surface area contributed by atoms with E-state index in [0.717, 1.165) is 19.4 Å². The topological polar surface area (TPSA) is 88.2 Å². The first-order valence-electron chi connectivity index (χ1n) is 9.99. The molecule has 26 heavy (non-hydrogen) atoms. The van der Waals surface area contributed by atoms with Crippen LogP contribution in [0.2, 0.25) is 0 Å². The van der Waals surface area contributed by atoms with Crippen molar-refractivity contribution in [2.45, 2.75) is 71.3 Å². The SMILES string of the molecule is CCOC(=O)c1n[nH]nc1C1CCCN1C(=O)CC(C)C1CCCCC1. The first kappa shape index (κ1) is 18.9. The molecule has 0 radical (unpaired) electrons. The van der Waals surface area contributed by atoms with E-state index in [-0.39, 0.29) is 24.2 Å². The van der Waals surface area contributed by atoms with Gasteiger partial charge in [0.25, 0.3) is 0 Å². The van der Waals surface area contributed by atoms with Gasteiger partial charge in [-0.15, -0.1) is 5.10 Å². The highest BCUT2D eigenvalue weighted by Gasteiger charge is 2.36. The molecule has 0 bridgehead atoms. The molecule has 2 heterocycles. The van der Waals surface area contributed by atoms with E-state index < -0.39 is 5.97 Å². The van der Waals surface area contributed by atoms with Crippen LogP contribution in [0.5, 0.6) is 0 Å². The monoisotopic (exact) mass is 362 g/mol. The lowest BCUT2D eigenvalue weighted by Gasteiger charge is -2.30. The molecule has 2 atom stereocenters. The highest BCUT2D eigenvalue weighted by molar-refractivity contribution is 5.88. The van der Waals surface area contributed by atoms with Gasteiger partial charge in [-0.2, -0.15) is 10.3 Å². The second-order valence-corrected chi connectivity index (χ2v) is 7.60. The average Bonchev–Trinajstić information content (AvgIpc) is 3.31. The summed E-state index contributed by atoms with van der Waals surface area (Å²) in [6, 6.07) is -0.181. The molecular formula is C19H30N4O3. The molecular weight excluding hydrogens is 332 g/mol. The second kappa shape index (κ2) is 8.64. The molecule has 7 nitrogen and oxygen atoms in total. The predicted octanol–water partition coefficient (Wildman–Crippen LogP) is 3.25. The molecule has 2 unspecified atom stereocenters. The maximum Gasteiger partial charge on any atom is 0.360 e. The average molecular weight is 362 g/mol. The number of H-pyrrole nitrogens is 1. The van der Waals surface area contributed by atoms with Gasteiger partial charge in [-0.3, -0.25) is 4.79 Å². The number of hydrogen-bond donors (Lipinski definition) is 1. The fraction of sp³-hybridized carbons (Fsp3) is 0.789. The Hall–Kier alpha value is -1.92. The Balaban J connectivity index is 1.67. The molecule has 3 rings (SSSR count). The van der Waals surface area contributed by atoms with Crippen molar-refractivity contribution in [2.24, 2.45) is 11.8 Å². The molecule has 1 saturated carbocycles. The van der Waals surface area contributed by atoms with E-state index in [1.165, 1.54) is 32.1 Å². The molecule has 0 aromatic carbocycles. The van der Waals surface area contributed by atoms with Crippen LogP contribution in [0.25, 0.3) is 0 Å². The maximum atomic E-state index is 13.0. The number of nitrogens with one attached hydrogen (secondary N) is 1. The number of rotatable bonds is 6. The number of aromatic nitrogens is 3. The van der Waals surface area contributed by atoms with Gasteiger partial charge >= 0.3 is 5.97 Å². The zero-order valence-corrected chi connectivity index (χ0v) is 15.9. The first-order chi connectivity index (χ1) is 12.6. The van der Waals surface area contributed by atoms with Gasteiger partial charge in [-0.1, -0.05) is 39.0 Å². The molecule has 1 aromatic heterocycles. The van der Waals surface area contributed by atoms with Crippen LogP contribution in [-0.4, -0.2) is 45.3 Å². The van der Waals surface area contributed by atoms with Gasteiger partial charge in [-0.25, -0.2) is 4.79 Å². The van der Waals surface area contributed by atoms with E-state index in [9.17, 15) is 9.59 Å². The summed E-state index contributed by atoms with van der Waals surface area (Å²) in [5, 5.41) is 10.7. The van der Waals surface area contributed by atoms with Gasteiger partial charge < -0.3 is 9.64 Å². The van der Waals surface area contributed by atoms with Crippen LogP contribution < -0.4 is 0 Å². The second-order valence-electron chi connectivity index (χ2n) is 7.60. The summed E-state index contributed by atoms with van der Waals surface area (Å²) in [5.41, 5.74) is 0.747. The number of nitrogens with zero attached hydrogens (tertiary/aromatic N) is 3. The van der Waals surface area contributed by atoms with Crippen molar-refractivity contribution in [3.05, 3.63) is 11.4 Å². The van der Waals surface area contributed by atoms with Crippen LogP contribution in [0.4, 0.5) is 0 Å². The van der Waals surface area contributed by atoms with Crippen LogP contribution >= 0.6 is 0 Å². The molecule has 1 N–H and O–H groups in total. The molecule has 2 aliphatic rings. The van der Waals surface area contributed by atoms with Crippen LogP contribution in [0.1, 0.15) is 87.4 Å². The Morgan fingerprint density at radius 2 is 1.96 bits per heavy atom. The smallest absolute Gasteiger partial charge is 0.360 e. The summed E-state index contributed by atoms with van der Waals surface area (Å²) in [4.78, 5) is 26.9. The lowest BCUT2D eigenvalue weighted by atomic mass is 9.79. The third-order valence-electron chi connectivity index (χ3n) is 5.88. The summed E-state index contributed by atoms with van der Waals surface area (Å²) in [6.45, 7) is 4.97. The van der Waals surface area contributed by atoms with Crippen molar-refractivity contribution >= 4 is 11.9 Å². The van der Waals surface area contributed by atoms with Gasteiger partial charge in [0, 0.05) is 13.0 Å². The highest BCUT2D eigenvalue weighted by Crippen LogP contribution is 2.36. The van der Waals surface area contributed by atoms with Crippen molar-refractivity contribution in [3.8, 4) is 0 Å². The summed E-state index contributed by atoms with van der Waals surface area (Å²) < 4.78 is 5.06. The molecule has 2 fully saturated rings. The Labute approximate surface area is 154 Å². The molecule has 1 saturated heterocycles. The van der Waals surface area contributed by atoms with Gasteiger partial charge in [0.2, 0.25) is 5.91 Å². The van der Waals surface area contributed by atoms with Crippen LogP contribution in [0.15, 0.2) is 0 Å². The number of hydrogen-bond acceptors (Lipinski definition) is 5. The van der Waals surface area contributed by atoms with Gasteiger partial charge in [0.1, 0.15) is 5.69 Å². The van der Waals surface area contributed by atoms with Crippen LogP contribution in [0.3, 0.4) is 0 Å². The number of aromatic amines is 1. The fourth-order valence-electron chi connectivity index (χ4n) is 4.43. The Kier molecular flexibility index (Phi) is 6.27. The standard InChI is InChI=1S/C19H30N4O3/c1-3-26-19(25)18-17(20-22-21-18)15-10-7-11-23(15)16(24)12-13(2)14-8-5-4-6-9-14/h13-15H,3-12H2,1-2H3,(H,20,21,22). The van der Waals surface area contributed by atoms with E-state index in [0.29, 0.717) is 24.0 Å². The molecule has 144 valence electrons. The summed E-state index contributed by atoms with van der Waals surface area (Å²) in [5.74, 6) is 0.760. The Bertz CT molecular complexity index is 624. The number of esters is 1. The van der Waals surface area contributed by atoms with Crippen molar-refractivity contribution in [2.75, 3.05) is 13.2 Å². The van der Waals surface area contributed by atoms with Crippen molar-refractivity contribution in [1.82, 2.24) is 20.3 Å². The van der Waals surface area contributed by atoms with Gasteiger partial charge in [0.15, 0.2) is 5.69 Å². The molecule has 1 amide bonds. The van der Waals surface area contributed by atoms with Gasteiger partial charge in [-0.05, 0) is 31.6 Å². The summed E-state index contributed by atoms with van der Waals surface area (Å²) >= 11 is 0. The van der Waals surface area contributed by atoms with Crippen molar-refractivity contribution in [3.63, 3.8) is 0 Å². The minimum atomic E-state index is -0.480. The van der Waals surface area contributed by atoms with E-state index in [1.54, 1.807) is 6.92 Å². The largest absolute Gasteiger partial charge is 0.461 e. The maximum absolute atomic E-state index is 13.0. The van der Waals surface area contributed by atoms with Crippen molar-refractivity contribution < 1.29 is 14.3 Å². The predicted molar refractivity (Wildman–Crippen MR) is 96.4 cm³/mol. The lowest BCUT2D eigenvalue weighted by molar-refractivity contribution is -0.133. The quantitative estimate of drug-likeness (QED) is 0.785. The Morgan fingerprint density at radius 3 is 2.69 bits per heavy atom. The summed E-state index contributed by atoms with van der Waals surface area (Å²) in [6.07, 6.45) is 8.70. The van der Waals surface area contributed by atoms with Gasteiger partial charge in [0.05, 0.1) is 12.6 Å². The molecule has 1 aliphatic heterocycles. The summed E-state index contributed by atoms with van der Waals surface area (Å²) in [7, 11) is 0. The minimum Gasteiger partial charge on any atom is -0.461 e.